The number of benzene rings is 1. The van der Waals surface area contributed by atoms with E-state index in [1.165, 1.54) is 16.8 Å². The number of halogens is 1. The Labute approximate surface area is 144 Å². The van der Waals surface area contributed by atoms with Gasteiger partial charge in [-0.15, -0.1) is 0 Å². The lowest BCUT2D eigenvalue weighted by atomic mass is 10.1. The SMILES string of the molecule is Cc1cccc(C)c1N1CC2CNc3c([N+](=O)[O-])ccc1[n+]32.[Br-]. The summed E-state index contributed by atoms with van der Waals surface area (Å²) in [5.41, 5.74) is 3.80. The number of anilines is 3. The van der Waals surface area contributed by atoms with Crippen LogP contribution in [0.25, 0.3) is 0 Å². The van der Waals surface area contributed by atoms with Gasteiger partial charge in [-0.3, -0.25) is 20.3 Å². The van der Waals surface area contributed by atoms with Crippen molar-refractivity contribution in [3.8, 4) is 0 Å². The first-order valence-corrected chi connectivity index (χ1v) is 7.38. The molecule has 120 valence electrons. The molecule has 1 atom stereocenters. The van der Waals surface area contributed by atoms with Crippen LogP contribution >= 0.6 is 0 Å². The molecule has 0 spiro atoms. The van der Waals surface area contributed by atoms with Crippen molar-refractivity contribution in [2.75, 3.05) is 23.3 Å². The number of para-hydroxylation sites is 1. The number of pyridine rings is 1. The normalized spacial score (nSPS) is 17.5. The fourth-order valence-corrected chi connectivity index (χ4v) is 3.66. The Morgan fingerprint density at radius 1 is 1.26 bits per heavy atom. The summed E-state index contributed by atoms with van der Waals surface area (Å²) in [7, 11) is 0. The molecule has 0 aliphatic carbocycles. The Hall–Kier alpha value is -2.15. The monoisotopic (exact) mass is 376 g/mol. The molecule has 1 aromatic heterocycles. The minimum atomic E-state index is -0.320. The van der Waals surface area contributed by atoms with E-state index >= 15 is 0 Å². The van der Waals surface area contributed by atoms with Gasteiger partial charge in [0.05, 0.1) is 11.5 Å². The van der Waals surface area contributed by atoms with E-state index in [4.69, 9.17) is 0 Å². The molecule has 0 bridgehead atoms. The highest BCUT2D eigenvalue weighted by Gasteiger charge is 2.45. The van der Waals surface area contributed by atoms with Crippen LogP contribution in [-0.2, 0) is 0 Å². The van der Waals surface area contributed by atoms with Crippen LogP contribution in [-0.4, -0.2) is 18.0 Å². The fourth-order valence-electron chi connectivity index (χ4n) is 3.66. The van der Waals surface area contributed by atoms with E-state index in [9.17, 15) is 10.1 Å². The summed E-state index contributed by atoms with van der Waals surface area (Å²) in [5, 5.41) is 14.4. The van der Waals surface area contributed by atoms with Gasteiger partial charge in [0.15, 0.2) is 0 Å². The average molecular weight is 377 g/mol. The Balaban J connectivity index is 0.00000156. The molecule has 4 rings (SSSR count). The molecule has 0 radical (unpaired) electrons. The lowest BCUT2D eigenvalue weighted by Gasteiger charge is -2.18. The number of aromatic nitrogens is 1. The van der Waals surface area contributed by atoms with Crippen molar-refractivity contribution >= 4 is 23.0 Å². The highest BCUT2D eigenvalue weighted by atomic mass is 79.9. The predicted octanol–water partition coefficient (Wildman–Crippen LogP) is -0.379. The summed E-state index contributed by atoms with van der Waals surface area (Å²) >= 11 is 0. The van der Waals surface area contributed by atoms with E-state index in [0.717, 1.165) is 18.9 Å². The Morgan fingerprint density at radius 3 is 2.61 bits per heavy atom. The van der Waals surface area contributed by atoms with Gasteiger partial charge in [-0.1, -0.05) is 18.2 Å². The Kier molecular flexibility index (Phi) is 3.75. The van der Waals surface area contributed by atoms with Crippen LogP contribution in [0.4, 0.5) is 23.0 Å². The lowest BCUT2D eigenvalue weighted by molar-refractivity contribution is -0.672. The topological polar surface area (TPSA) is 62.3 Å². The minimum absolute atomic E-state index is 0. The third-order valence-electron chi connectivity index (χ3n) is 4.57. The van der Waals surface area contributed by atoms with Crippen LogP contribution in [0.5, 0.6) is 0 Å². The average Bonchev–Trinajstić information content (AvgIpc) is 3.04. The molecule has 1 unspecified atom stereocenters. The van der Waals surface area contributed by atoms with Crippen molar-refractivity contribution < 1.29 is 26.5 Å². The van der Waals surface area contributed by atoms with Crippen LogP contribution in [0.3, 0.4) is 0 Å². The molecule has 0 amide bonds. The number of hydrogen-bond donors (Lipinski definition) is 1. The van der Waals surface area contributed by atoms with Gasteiger partial charge in [0.25, 0.3) is 0 Å². The third kappa shape index (κ3) is 2.18. The van der Waals surface area contributed by atoms with Crippen molar-refractivity contribution in [3.63, 3.8) is 0 Å². The van der Waals surface area contributed by atoms with Crippen LogP contribution < -0.4 is 31.8 Å². The van der Waals surface area contributed by atoms with Crippen LogP contribution in [0.2, 0.25) is 0 Å². The number of rotatable bonds is 2. The zero-order valence-electron chi connectivity index (χ0n) is 12.9. The largest absolute Gasteiger partial charge is 1.00 e. The molecule has 23 heavy (non-hydrogen) atoms. The highest BCUT2D eigenvalue weighted by molar-refractivity contribution is 5.69. The maximum atomic E-state index is 11.2. The van der Waals surface area contributed by atoms with Crippen molar-refractivity contribution in [2.24, 2.45) is 0 Å². The first-order chi connectivity index (χ1) is 10.6. The van der Waals surface area contributed by atoms with Gasteiger partial charge in [0.1, 0.15) is 18.3 Å². The second-order valence-corrected chi connectivity index (χ2v) is 5.94. The quantitative estimate of drug-likeness (QED) is 0.441. The summed E-state index contributed by atoms with van der Waals surface area (Å²) in [4.78, 5) is 13.2. The molecule has 1 aromatic carbocycles. The zero-order valence-corrected chi connectivity index (χ0v) is 14.5. The molecule has 1 N–H and O–H groups in total. The van der Waals surface area contributed by atoms with Gasteiger partial charge in [0.2, 0.25) is 5.82 Å². The Morgan fingerprint density at radius 2 is 1.96 bits per heavy atom. The first kappa shape index (κ1) is 15.7. The van der Waals surface area contributed by atoms with Gasteiger partial charge < -0.3 is 17.0 Å². The molecule has 2 aromatic rings. The molecular weight excluding hydrogens is 360 g/mol. The third-order valence-corrected chi connectivity index (χ3v) is 4.57. The number of nitrogens with one attached hydrogen (secondary N) is 1. The Bertz CT molecular complexity index is 789. The summed E-state index contributed by atoms with van der Waals surface area (Å²) in [5.74, 6) is 1.65. The molecule has 2 aliphatic rings. The fraction of sp³-hybridized carbons (Fsp3) is 0.312. The van der Waals surface area contributed by atoms with E-state index < -0.39 is 0 Å². The summed E-state index contributed by atoms with van der Waals surface area (Å²) in [6.07, 6.45) is 0. The van der Waals surface area contributed by atoms with Crippen LogP contribution in [0, 0.1) is 24.0 Å². The maximum Gasteiger partial charge on any atom is 0.341 e. The van der Waals surface area contributed by atoms with Gasteiger partial charge in [-0.2, -0.15) is 0 Å². The number of aryl methyl sites for hydroxylation is 2. The van der Waals surface area contributed by atoms with E-state index in [1.807, 2.05) is 6.07 Å². The van der Waals surface area contributed by atoms with E-state index in [2.05, 4.69) is 46.8 Å². The molecule has 0 saturated heterocycles. The molecular formula is C16H17BrN4O2. The highest BCUT2D eigenvalue weighted by Crippen LogP contribution is 2.39. The van der Waals surface area contributed by atoms with E-state index in [0.29, 0.717) is 5.82 Å². The van der Waals surface area contributed by atoms with Gasteiger partial charge in [-0.25, -0.2) is 4.57 Å². The molecule has 0 fully saturated rings. The van der Waals surface area contributed by atoms with Crippen molar-refractivity contribution in [1.29, 1.82) is 0 Å². The number of hydrogen-bond acceptors (Lipinski definition) is 4. The second kappa shape index (κ2) is 5.49. The lowest BCUT2D eigenvalue weighted by Crippen LogP contribution is -3.00. The van der Waals surface area contributed by atoms with Gasteiger partial charge >= 0.3 is 11.5 Å². The second-order valence-electron chi connectivity index (χ2n) is 5.94. The number of nitro groups is 1. The molecule has 6 nitrogen and oxygen atoms in total. The van der Waals surface area contributed by atoms with Crippen LogP contribution in [0.15, 0.2) is 30.3 Å². The standard InChI is InChI=1S/C16H16N4O2.BrH/c1-10-4-3-5-11(2)15(10)18-9-12-8-17-16-13(20(21)22)6-7-14(18)19(12)16;/h3-7,12H,8-9H2,1-2H3;1H. The smallest absolute Gasteiger partial charge is 0.341 e. The number of nitrogens with zero attached hydrogens (tertiary/aromatic N) is 3. The first-order valence-electron chi connectivity index (χ1n) is 7.38. The summed E-state index contributed by atoms with van der Waals surface area (Å²) < 4.78 is 2.07. The van der Waals surface area contributed by atoms with Crippen molar-refractivity contribution in [1.82, 2.24) is 0 Å². The predicted molar refractivity (Wildman–Crippen MR) is 83.7 cm³/mol. The van der Waals surface area contributed by atoms with Crippen molar-refractivity contribution in [2.45, 2.75) is 19.9 Å². The molecule has 2 aliphatic heterocycles. The summed E-state index contributed by atoms with van der Waals surface area (Å²) in [6, 6.07) is 9.98. The molecule has 7 heteroatoms. The molecule has 0 saturated carbocycles. The van der Waals surface area contributed by atoms with E-state index in [-0.39, 0.29) is 33.6 Å². The van der Waals surface area contributed by atoms with Crippen LogP contribution in [0.1, 0.15) is 17.2 Å². The zero-order chi connectivity index (χ0) is 15.4. The van der Waals surface area contributed by atoms with Crippen molar-refractivity contribution in [3.05, 3.63) is 51.6 Å². The maximum absolute atomic E-state index is 11.2. The van der Waals surface area contributed by atoms with Gasteiger partial charge in [-0.05, 0) is 25.0 Å². The van der Waals surface area contributed by atoms with E-state index in [1.54, 1.807) is 6.07 Å². The molecule has 3 heterocycles. The van der Waals surface area contributed by atoms with Gasteiger partial charge in [0, 0.05) is 12.1 Å². The summed E-state index contributed by atoms with van der Waals surface area (Å²) in [6.45, 7) is 5.79. The minimum Gasteiger partial charge on any atom is -1.00 e.